The number of hydrogen-bond acceptors (Lipinski definition) is 1. The van der Waals surface area contributed by atoms with Gasteiger partial charge in [-0.2, -0.15) is 0 Å². The second-order valence-corrected chi connectivity index (χ2v) is 7.29. The minimum absolute atomic E-state index is 0.553. The summed E-state index contributed by atoms with van der Waals surface area (Å²) in [6, 6.07) is 9.80. The smallest absolute Gasteiger partial charge is 0.0560 e. The van der Waals surface area contributed by atoms with Crippen molar-refractivity contribution in [1.82, 2.24) is 9.47 Å². The average Bonchev–Trinajstić information content (AvgIpc) is 2.88. The van der Waals surface area contributed by atoms with E-state index in [1.165, 1.54) is 62.6 Å². The maximum absolute atomic E-state index is 2.81. The summed E-state index contributed by atoms with van der Waals surface area (Å²) >= 11 is 0. The van der Waals surface area contributed by atoms with Crippen molar-refractivity contribution in [3.63, 3.8) is 0 Å². The van der Waals surface area contributed by atoms with Crippen LogP contribution in [-0.4, -0.2) is 22.6 Å². The summed E-state index contributed by atoms with van der Waals surface area (Å²) in [4.78, 5) is 2.81. The number of fused-ring (bicyclic) bond motifs is 3. The predicted molar refractivity (Wildman–Crippen MR) is 86.5 cm³/mol. The second-order valence-electron chi connectivity index (χ2n) is 7.29. The van der Waals surface area contributed by atoms with E-state index < -0.39 is 0 Å². The second kappa shape index (κ2) is 4.13. The lowest BCUT2D eigenvalue weighted by atomic mass is 9.64. The molecule has 21 heavy (non-hydrogen) atoms. The van der Waals surface area contributed by atoms with Crippen molar-refractivity contribution in [2.75, 3.05) is 13.1 Å². The first kappa shape index (κ1) is 12.3. The molecule has 0 amide bonds. The molecule has 0 saturated carbocycles. The summed E-state index contributed by atoms with van der Waals surface area (Å²) in [6.07, 6.45) is 6.80. The van der Waals surface area contributed by atoms with E-state index in [9.17, 15) is 0 Å². The molecule has 2 atom stereocenters. The minimum Gasteiger partial charge on any atom is -0.343 e. The van der Waals surface area contributed by atoms with Gasteiger partial charge in [-0.3, -0.25) is 4.90 Å². The first-order valence-corrected chi connectivity index (χ1v) is 8.68. The van der Waals surface area contributed by atoms with Crippen LogP contribution in [0.3, 0.4) is 0 Å². The van der Waals surface area contributed by atoms with Gasteiger partial charge in [-0.05, 0) is 55.7 Å². The zero-order valence-corrected chi connectivity index (χ0v) is 12.9. The van der Waals surface area contributed by atoms with Crippen molar-refractivity contribution in [2.24, 2.45) is 5.41 Å². The van der Waals surface area contributed by atoms with Gasteiger partial charge < -0.3 is 4.57 Å². The number of aryl methyl sites for hydroxylation is 1. The van der Waals surface area contributed by atoms with Crippen LogP contribution >= 0.6 is 0 Å². The van der Waals surface area contributed by atoms with Gasteiger partial charge >= 0.3 is 0 Å². The fourth-order valence-electron chi connectivity index (χ4n) is 5.60. The third-order valence-corrected chi connectivity index (χ3v) is 6.63. The third-order valence-electron chi connectivity index (χ3n) is 6.63. The largest absolute Gasteiger partial charge is 0.343 e. The van der Waals surface area contributed by atoms with Gasteiger partial charge in [-0.15, -0.1) is 0 Å². The number of hydrogen-bond donors (Lipinski definition) is 0. The molecule has 0 bridgehead atoms. The monoisotopic (exact) mass is 280 g/mol. The van der Waals surface area contributed by atoms with Crippen molar-refractivity contribution < 1.29 is 0 Å². The molecule has 0 aliphatic carbocycles. The van der Waals surface area contributed by atoms with Crippen LogP contribution in [0.2, 0.25) is 0 Å². The number of benzene rings is 1. The van der Waals surface area contributed by atoms with Gasteiger partial charge in [0.15, 0.2) is 0 Å². The Morgan fingerprint density at radius 1 is 1.14 bits per heavy atom. The van der Waals surface area contributed by atoms with Gasteiger partial charge in [0, 0.05) is 29.7 Å². The van der Waals surface area contributed by atoms with Gasteiger partial charge in [-0.1, -0.05) is 25.1 Å². The Morgan fingerprint density at radius 3 is 2.95 bits per heavy atom. The quantitative estimate of drug-likeness (QED) is 0.762. The molecule has 0 N–H and O–H groups in total. The van der Waals surface area contributed by atoms with E-state index >= 15 is 0 Å². The molecular weight excluding hydrogens is 256 g/mol. The summed E-state index contributed by atoms with van der Waals surface area (Å²) < 4.78 is 2.67. The average molecular weight is 280 g/mol. The van der Waals surface area contributed by atoms with Crippen molar-refractivity contribution in [3.05, 3.63) is 35.5 Å². The number of aromatic nitrogens is 1. The van der Waals surface area contributed by atoms with Crippen LogP contribution in [0.4, 0.5) is 0 Å². The van der Waals surface area contributed by atoms with Crippen LogP contribution in [0, 0.1) is 5.41 Å². The normalized spacial score (nSPS) is 31.4. The molecule has 2 nitrogen and oxygen atoms in total. The molecule has 1 fully saturated rings. The molecule has 4 heterocycles. The van der Waals surface area contributed by atoms with Crippen LogP contribution in [-0.2, 0) is 13.0 Å². The molecule has 1 saturated heterocycles. The molecule has 0 unspecified atom stereocenters. The van der Waals surface area contributed by atoms with Crippen molar-refractivity contribution in [2.45, 2.75) is 51.6 Å². The van der Waals surface area contributed by atoms with Crippen LogP contribution in [0.25, 0.3) is 10.9 Å². The first-order chi connectivity index (χ1) is 10.3. The number of para-hydroxylation sites is 1. The summed E-state index contributed by atoms with van der Waals surface area (Å²) in [5.41, 5.74) is 5.40. The lowest BCUT2D eigenvalue weighted by Crippen LogP contribution is -2.52. The number of nitrogens with zero attached hydrogens (tertiary/aromatic N) is 2. The van der Waals surface area contributed by atoms with Crippen LogP contribution in [0.15, 0.2) is 24.3 Å². The summed E-state index contributed by atoms with van der Waals surface area (Å²) in [7, 11) is 0. The topological polar surface area (TPSA) is 8.17 Å². The summed E-state index contributed by atoms with van der Waals surface area (Å²) in [5.74, 6) is 0. The van der Waals surface area contributed by atoms with E-state index in [0.29, 0.717) is 11.5 Å². The summed E-state index contributed by atoms with van der Waals surface area (Å²) in [5, 5.41) is 1.53. The molecule has 1 aromatic heterocycles. The Labute approximate surface area is 126 Å². The molecule has 1 aromatic carbocycles. The molecule has 110 valence electrons. The van der Waals surface area contributed by atoms with Crippen LogP contribution < -0.4 is 0 Å². The molecule has 3 aliphatic heterocycles. The minimum atomic E-state index is 0.553. The molecule has 5 rings (SSSR count). The highest BCUT2D eigenvalue weighted by molar-refractivity contribution is 5.86. The third kappa shape index (κ3) is 1.42. The zero-order chi connectivity index (χ0) is 14.0. The predicted octanol–water partition coefficient (Wildman–Crippen LogP) is 4.13. The highest BCUT2D eigenvalue weighted by Crippen LogP contribution is 2.56. The van der Waals surface area contributed by atoms with E-state index in [0.717, 1.165) is 0 Å². The van der Waals surface area contributed by atoms with Gasteiger partial charge in [-0.25, -0.2) is 0 Å². The van der Waals surface area contributed by atoms with E-state index in [1.54, 1.807) is 11.3 Å². The van der Waals surface area contributed by atoms with Gasteiger partial charge in [0.25, 0.3) is 0 Å². The van der Waals surface area contributed by atoms with Crippen LogP contribution in [0.5, 0.6) is 0 Å². The highest BCUT2D eigenvalue weighted by atomic mass is 15.2. The number of rotatable bonds is 1. The molecular formula is C19H24N2. The Balaban J connectivity index is 1.83. The maximum Gasteiger partial charge on any atom is 0.0560 e. The van der Waals surface area contributed by atoms with E-state index in [4.69, 9.17) is 0 Å². The zero-order valence-electron chi connectivity index (χ0n) is 12.9. The standard InChI is InChI=1S/C19H24N2/c1-2-19-9-5-11-20-12-8-15-14-6-3-4-7-16(14)21(13-10-19)17(15)18(19)20/h3-4,6-7,18H,2,5,8-13H2,1H3/t18-,19+/m1/s1. The van der Waals surface area contributed by atoms with Gasteiger partial charge in [0.1, 0.15) is 0 Å². The van der Waals surface area contributed by atoms with Crippen LogP contribution in [0.1, 0.15) is 49.9 Å². The lowest BCUT2D eigenvalue weighted by molar-refractivity contribution is -0.0253. The van der Waals surface area contributed by atoms with Crippen molar-refractivity contribution in [1.29, 1.82) is 0 Å². The Morgan fingerprint density at radius 2 is 2.05 bits per heavy atom. The van der Waals surface area contributed by atoms with E-state index in [2.05, 4.69) is 40.7 Å². The fraction of sp³-hybridized carbons (Fsp3) is 0.579. The van der Waals surface area contributed by atoms with Gasteiger partial charge in [0.05, 0.1) is 6.04 Å². The van der Waals surface area contributed by atoms with E-state index in [1.807, 2.05) is 0 Å². The van der Waals surface area contributed by atoms with Gasteiger partial charge in [0.2, 0.25) is 0 Å². The molecule has 3 aliphatic rings. The fourth-order valence-corrected chi connectivity index (χ4v) is 5.60. The van der Waals surface area contributed by atoms with E-state index in [-0.39, 0.29) is 0 Å². The summed E-state index contributed by atoms with van der Waals surface area (Å²) in [6.45, 7) is 6.24. The Hall–Kier alpha value is -1.28. The molecule has 2 heteroatoms. The molecule has 0 radical (unpaired) electrons. The Bertz CT molecular complexity index is 681. The van der Waals surface area contributed by atoms with Crippen molar-refractivity contribution >= 4 is 10.9 Å². The highest BCUT2D eigenvalue weighted by Gasteiger charge is 2.50. The Kier molecular flexibility index (Phi) is 2.42. The maximum atomic E-state index is 2.81. The van der Waals surface area contributed by atoms with Crippen molar-refractivity contribution in [3.8, 4) is 0 Å². The number of piperidine rings is 1. The SMILES string of the molecule is CC[C@]12CCCN3CCc4c(n(c5ccccc45)CC1)[C@@H]32. The molecule has 2 aromatic rings. The molecule has 0 spiro atoms. The first-order valence-electron chi connectivity index (χ1n) is 8.68. The lowest BCUT2D eigenvalue weighted by Gasteiger charge is -2.55.